The summed E-state index contributed by atoms with van der Waals surface area (Å²) in [6, 6.07) is 2.49. The maximum absolute atomic E-state index is 12.8. The van der Waals surface area contributed by atoms with Crippen LogP contribution >= 0.6 is 0 Å². The number of nitrogens with one attached hydrogen (secondary N) is 1. The fourth-order valence-electron chi connectivity index (χ4n) is 3.99. The molecule has 0 saturated carbocycles. The highest BCUT2D eigenvalue weighted by Gasteiger charge is 2.62. The quantitative estimate of drug-likeness (QED) is 0.782. The number of ether oxygens (including phenoxy) is 1. The van der Waals surface area contributed by atoms with Gasteiger partial charge in [-0.15, -0.1) is 0 Å². The molecule has 0 radical (unpaired) electrons. The number of pyridine rings is 1. The third kappa shape index (κ3) is 1.68. The summed E-state index contributed by atoms with van der Waals surface area (Å²) in [5.74, 6) is -0.203. The number of H-pyrrole nitrogens is 1. The zero-order chi connectivity index (χ0) is 15.5. The molecule has 7 nitrogen and oxygen atoms in total. The van der Waals surface area contributed by atoms with Crippen molar-refractivity contribution in [3.8, 4) is 0 Å². The highest BCUT2D eigenvalue weighted by atomic mass is 16.5. The Labute approximate surface area is 126 Å². The Bertz CT molecular complexity index is 728. The van der Waals surface area contributed by atoms with E-state index in [1.165, 1.54) is 12.1 Å². The molecule has 7 heteroatoms. The number of likely N-dealkylation sites (tertiary alicyclic amines) is 1. The molecular weight excluding hydrogens is 286 g/mol. The number of hydrogen-bond acceptors (Lipinski definition) is 4. The third-order valence-electron chi connectivity index (χ3n) is 4.87. The fraction of sp³-hybridized carbons (Fsp3) is 0.533. The van der Waals surface area contributed by atoms with E-state index in [2.05, 4.69) is 4.98 Å². The first-order valence-corrected chi connectivity index (χ1v) is 7.48. The summed E-state index contributed by atoms with van der Waals surface area (Å²) in [7, 11) is 0. The number of nitrogens with zero attached hydrogens (tertiary/aromatic N) is 2. The lowest BCUT2D eigenvalue weighted by Crippen LogP contribution is -2.49. The Morgan fingerprint density at radius 1 is 1.36 bits per heavy atom. The Morgan fingerprint density at radius 3 is 2.95 bits per heavy atom. The first kappa shape index (κ1) is 13.5. The van der Waals surface area contributed by atoms with Crippen molar-refractivity contribution in [2.75, 3.05) is 19.7 Å². The molecule has 4 heterocycles. The van der Waals surface area contributed by atoms with Gasteiger partial charge < -0.3 is 19.5 Å². The summed E-state index contributed by atoms with van der Waals surface area (Å²) in [4.78, 5) is 42.9. The van der Waals surface area contributed by atoms with Crippen molar-refractivity contribution in [3.63, 3.8) is 0 Å². The molecule has 22 heavy (non-hydrogen) atoms. The lowest BCUT2D eigenvalue weighted by molar-refractivity contribution is -0.136. The molecule has 3 fully saturated rings. The minimum Gasteiger partial charge on any atom is -0.354 e. The van der Waals surface area contributed by atoms with Crippen molar-refractivity contribution in [2.45, 2.75) is 31.5 Å². The molecule has 1 aromatic heterocycles. The molecule has 0 unspecified atom stereocenters. The topological polar surface area (TPSA) is 82.7 Å². The molecule has 3 aliphatic heterocycles. The zero-order valence-electron chi connectivity index (χ0n) is 12.3. The van der Waals surface area contributed by atoms with Gasteiger partial charge >= 0.3 is 0 Å². The van der Waals surface area contributed by atoms with Crippen LogP contribution in [0.5, 0.6) is 0 Å². The Morgan fingerprint density at radius 2 is 2.18 bits per heavy atom. The summed E-state index contributed by atoms with van der Waals surface area (Å²) in [5, 5.41) is 0. The van der Waals surface area contributed by atoms with E-state index >= 15 is 0 Å². The Balaban J connectivity index is 1.68. The molecule has 1 N–H and O–H groups in total. The van der Waals surface area contributed by atoms with Gasteiger partial charge in [0.15, 0.2) is 11.2 Å². The Hall–Kier alpha value is -2.15. The SMILES string of the molecule is Cc1cc(=O)cc(C(=O)N2CC[C@@]34OCCN3C(=O)C[C@@H]24)[nH]1. The lowest BCUT2D eigenvalue weighted by atomic mass is 10.1. The summed E-state index contributed by atoms with van der Waals surface area (Å²) in [5.41, 5.74) is 0.0725. The predicted molar refractivity (Wildman–Crippen MR) is 76.3 cm³/mol. The van der Waals surface area contributed by atoms with Crippen molar-refractivity contribution in [2.24, 2.45) is 0 Å². The van der Waals surface area contributed by atoms with Crippen molar-refractivity contribution >= 4 is 11.8 Å². The molecular formula is C15H17N3O4. The van der Waals surface area contributed by atoms with E-state index < -0.39 is 5.72 Å². The number of carbonyl (C=O) groups is 2. The molecule has 3 saturated heterocycles. The maximum atomic E-state index is 12.8. The van der Waals surface area contributed by atoms with E-state index in [0.29, 0.717) is 38.2 Å². The largest absolute Gasteiger partial charge is 0.354 e. The van der Waals surface area contributed by atoms with Crippen LogP contribution < -0.4 is 5.43 Å². The van der Waals surface area contributed by atoms with Crippen LogP contribution in [0, 0.1) is 6.92 Å². The summed E-state index contributed by atoms with van der Waals surface area (Å²) < 4.78 is 5.86. The van der Waals surface area contributed by atoms with Crippen molar-refractivity contribution in [1.29, 1.82) is 0 Å². The molecule has 0 aliphatic carbocycles. The third-order valence-corrected chi connectivity index (χ3v) is 4.87. The van der Waals surface area contributed by atoms with E-state index in [1.54, 1.807) is 16.7 Å². The molecule has 0 aromatic carbocycles. The smallest absolute Gasteiger partial charge is 0.270 e. The average molecular weight is 303 g/mol. The number of carbonyl (C=O) groups excluding carboxylic acids is 2. The highest BCUT2D eigenvalue weighted by Crippen LogP contribution is 2.45. The normalized spacial score (nSPS) is 29.9. The molecule has 1 aromatic rings. The number of aromatic amines is 1. The number of rotatable bonds is 1. The van der Waals surface area contributed by atoms with Crippen LogP contribution in [-0.4, -0.2) is 58.1 Å². The molecule has 2 amide bonds. The molecule has 2 atom stereocenters. The minimum atomic E-state index is -0.642. The predicted octanol–water partition coefficient (Wildman–Crippen LogP) is -0.143. The molecule has 116 valence electrons. The van der Waals surface area contributed by atoms with E-state index in [1.807, 2.05) is 0 Å². The zero-order valence-corrected chi connectivity index (χ0v) is 12.3. The summed E-state index contributed by atoms with van der Waals surface area (Å²) in [6.07, 6.45) is 0.924. The van der Waals surface area contributed by atoms with Crippen molar-refractivity contribution < 1.29 is 14.3 Å². The van der Waals surface area contributed by atoms with E-state index in [0.717, 1.165) is 0 Å². The summed E-state index contributed by atoms with van der Waals surface area (Å²) >= 11 is 0. The minimum absolute atomic E-state index is 0.0396. The monoisotopic (exact) mass is 303 g/mol. The number of aryl methyl sites for hydroxylation is 1. The van der Waals surface area contributed by atoms with Gasteiger partial charge in [-0.25, -0.2) is 0 Å². The highest BCUT2D eigenvalue weighted by molar-refractivity contribution is 5.94. The second-order valence-electron chi connectivity index (χ2n) is 6.12. The van der Waals surface area contributed by atoms with Gasteiger partial charge in [-0.1, -0.05) is 0 Å². The van der Waals surface area contributed by atoms with Crippen molar-refractivity contribution in [3.05, 3.63) is 33.7 Å². The first-order chi connectivity index (χ1) is 10.5. The van der Waals surface area contributed by atoms with Crippen LogP contribution in [-0.2, 0) is 9.53 Å². The van der Waals surface area contributed by atoms with Gasteiger partial charge in [0.25, 0.3) is 5.91 Å². The van der Waals surface area contributed by atoms with Gasteiger partial charge in [0.2, 0.25) is 5.91 Å². The Kier molecular flexibility index (Phi) is 2.72. The van der Waals surface area contributed by atoms with Crippen LogP contribution in [0.1, 0.15) is 29.0 Å². The fourth-order valence-corrected chi connectivity index (χ4v) is 3.99. The summed E-state index contributed by atoms with van der Waals surface area (Å²) in [6.45, 7) is 3.39. The van der Waals surface area contributed by atoms with Crippen LogP contribution in [0.25, 0.3) is 0 Å². The average Bonchev–Trinajstić information content (AvgIpc) is 3.09. The second kappa shape index (κ2) is 4.42. The number of amides is 2. The van der Waals surface area contributed by atoms with Gasteiger partial charge in [0, 0.05) is 37.3 Å². The van der Waals surface area contributed by atoms with E-state index in [9.17, 15) is 14.4 Å². The van der Waals surface area contributed by atoms with Crippen molar-refractivity contribution in [1.82, 2.24) is 14.8 Å². The maximum Gasteiger partial charge on any atom is 0.270 e. The lowest BCUT2D eigenvalue weighted by Gasteiger charge is -2.31. The standard InChI is InChI=1S/C15H17N3O4/c1-9-6-10(19)7-11(16-9)14(21)17-3-2-15-12(17)8-13(20)18(15)4-5-22-15/h6-7,12H,2-5,8H2,1H3,(H,16,19)/t12-,15+/m1/s1. The molecule has 4 rings (SSSR count). The van der Waals surface area contributed by atoms with Gasteiger partial charge in [-0.05, 0) is 6.92 Å². The number of hydrogen-bond donors (Lipinski definition) is 1. The first-order valence-electron chi connectivity index (χ1n) is 7.48. The van der Waals surface area contributed by atoms with Gasteiger partial charge in [-0.2, -0.15) is 0 Å². The van der Waals surface area contributed by atoms with Crippen LogP contribution in [0.3, 0.4) is 0 Å². The van der Waals surface area contributed by atoms with Crippen LogP contribution in [0.4, 0.5) is 0 Å². The second-order valence-corrected chi connectivity index (χ2v) is 6.12. The van der Waals surface area contributed by atoms with Gasteiger partial charge in [0.1, 0.15) is 5.69 Å². The van der Waals surface area contributed by atoms with Crippen LogP contribution in [0.15, 0.2) is 16.9 Å². The molecule has 1 spiro atoms. The van der Waals surface area contributed by atoms with Gasteiger partial charge in [0.05, 0.1) is 19.1 Å². The number of aromatic nitrogens is 1. The van der Waals surface area contributed by atoms with E-state index in [-0.39, 0.29) is 29.0 Å². The molecule has 0 bridgehead atoms. The van der Waals surface area contributed by atoms with E-state index in [4.69, 9.17) is 4.74 Å². The van der Waals surface area contributed by atoms with Gasteiger partial charge in [-0.3, -0.25) is 14.4 Å². The van der Waals surface area contributed by atoms with Crippen LogP contribution in [0.2, 0.25) is 0 Å². The molecule has 3 aliphatic rings.